The van der Waals surface area contributed by atoms with Crippen LogP contribution in [0.3, 0.4) is 0 Å². The van der Waals surface area contributed by atoms with Gasteiger partial charge in [0, 0.05) is 44.8 Å². The molecule has 2 unspecified atom stereocenters. The predicted octanol–water partition coefficient (Wildman–Crippen LogP) is 8.18. The summed E-state index contributed by atoms with van der Waals surface area (Å²) in [5.41, 5.74) is 3.88. The molecule has 0 aliphatic carbocycles. The fourth-order valence-electron chi connectivity index (χ4n) is 6.67. The molecule has 0 spiro atoms. The lowest BCUT2D eigenvalue weighted by Crippen LogP contribution is -2.57. The van der Waals surface area contributed by atoms with Crippen molar-refractivity contribution in [2.75, 3.05) is 68.8 Å². The van der Waals surface area contributed by atoms with Crippen LogP contribution in [-0.4, -0.2) is 101 Å². The topological polar surface area (TPSA) is 87.2 Å². The van der Waals surface area contributed by atoms with Gasteiger partial charge in [-0.1, -0.05) is 42.4 Å². The van der Waals surface area contributed by atoms with Gasteiger partial charge in [-0.2, -0.15) is 0 Å². The highest BCUT2D eigenvalue weighted by Crippen LogP contribution is 2.39. The SMILES string of the molecule is CCC(Oc1cc(C=Cc2cc(OC)c(OC)c(OC)c2)ccc1OC)C(C)N1CCN(N(C)Oc2ccc(-c3nc4ccccc4s3)cc2OC)CC1. The Hall–Kier alpha value is -5.01. The van der Waals surface area contributed by atoms with E-state index in [0.29, 0.717) is 40.2 Å². The van der Waals surface area contributed by atoms with Crippen molar-refractivity contribution in [3.05, 3.63) is 83.9 Å². The molecule has 12 heteroatoms. The molecule has 2 heterocycles. The molecule has 0 amide bonds. The number of ether oxygens (including phenoxy) is 6. The Morgan fingerprint density at radius 1 is 0.722 bits per heavy atom. The number of hydrogen-bond acceptors (Lipinski definition) is 12. The molecule has 2 atom stereocenters. The van der Waals surface area contributed by atoms with Crippen LogP contribution in [-0.2, 0) is 0 Å². The van der Waals surface area contributed by atoms with E-state index in [9.17, 15) is 0 Å². The Morgan fingerprint density at radius 2 is 1.37 bits per heavy atom. The van der Waals surface area contributed by atoms with Gasteiger partial charge in [0.1, 0.15) is 11.1 Å². The largest absolute Gasteiger partial charge is 0.493 e. The molecule has 6 rings (SSSR count). The van der Waals surface area contributed by atoms with Gasteiger partial charge >= 0.3 is 0 Å². The van der Waals surface area contributed by atoms with Crippen LogP contribution in [0.1, 0.15) is 31.4 Å². The molecule has 4 aromatic carbocycles. The van der Waals surface area contributed by atoms with Gasteiger partial charge in [-0.25, -0.2) is 9.99 Å². The summed E-state index contributed by atoms with van der Waals surface area (Å²) in [4.78, 5) is 13.6. The molecular weight excluding hydrogens is 705 g/mol. The van der Waals surface area contributed by atoms with Crippen LogP contribution in [0.5, 0.6) is 40.2 Å². The zero-order chi connectivity index (χ0) is 38.2. The van der Waals surface area contributed by atoms with Crippen LogP contribution in [0, 0.1) is 0 Å². The first-order valence-corrected chi connectivity index (χ1v) is 18.9. The Morgan fingerprint density at radius 3 is 2.02 bits per heavy atom. The summed E-state index contributed by atoms with van der Waals surface area (Å²) in [5.74, 6) is 4.46. The Bertz CT molecular complexity index is 1990. The number of fused-ring (bicyclic) bond motifs is 1. The maximum absolute atomic E-state index is 6.71. The van der Waals surface area contributed by atoms with Crippen molar-refractivity contribution < 1.29 is 33.3 Å². The third kappa shape index (κ3) is 8.68. The number of piperazine rings is 1. The molecule has 286 valence electrons. The van der Waals surface area contributed by atoms with Gasteiger partial charge in [-0.15, -0.1) is 11.3 Å². The van der Waals surface area contributed by atoms with E-state index in [2.05, 4.69) is 29.8 Å². The molecule has 1 aromatic heterocycles. The summed E-state index contributed by atoms with van der Waals surface area (Å²) in [7, 11) is 10.1. The normalized spacial score (nSPS) is 15.0. The third-order valence-electron chi connectivity index (χ3n) is 9.76. The van der Waals surface area contributed by atoms with Crippen LogP contribution >= 0.6 is 11.3 Å². The molecule has 0 radical (unpaired) electrons. The Labute approximate surface area is 322 Å². The van der Waals surface area contributed by atoms with Crippen LogP contribution in [0.15, 0.2) is 72.8 Å². The molecular formula is C42H50N4O7S. The van der Waals surface area contributed by atoms with Gasteiger partial charge in [0.05, 0.1) is 45.8 Å². The monoisotopic (exact) mass is 754 g/mol. The molecule has 1 aliphatic rings. The number of rotatable bonds is 16. The molecule has 54 heavy (non-hydrogen) atoms. The fourth-order valence-corrected chi connectivity index (χ4v) is 7.63. The first-order chi connectivity index (χ1) is 26.3. The second-order valence-electron chi connectivity index (χ2n) is 12.9. The summed E-state index contributed by atoms with van der Waals surface area (Å²) in [6, 6.07) is 24.1. The summed E-state index contributed by atoms with van der Waals surface area (Å²) in [5, 5.41) is 4.97. The van der Waals surface area contributed by atoms with Gasteiger partial charge < -0.3 is 33.3 Å². The van der Waals surface area contributed by atoms with E-state index in [1.165, 1.54) is 0 Å². The first kappa shape index (κ1) is 38.7. The van der Waals surface area contributed by atoms with Gasteiger partial charge in [-0.3, -0.25) is 4.90 Å². The average Bonchev–Trinajstić information content (AvgIpc) is 3.66. The molecule has 1 fully saturated rings. The standard InChI is InChI=1S/C42H50N4O7S/c1-9-33(52-37-24-29(16-18-34(37)47-4)14-15-30-25-38(49-6)41(51-8)39(26-30)50-7)28(2)45-20-22-46(23-21-45)44(3)53-35-19-17-31(27-36(35)48-5)42-43-32-12-10-11-13-40(32)54-42/h10-19,24-28,33H,9,20-23H2,1-8H3. The van der Waals surface area contributed by atoms with E-state index >= 15 is 0 Å². The zero-order valence-corrected chi connectivity index (χ0v) is 33.1. The molecule has 1 aliphatic heterocycles. The zero-order valence-electron chi connectivity index (χ0n) is 32.3. The first-order valence-electron chi connectivity index (χ1n) is 18.1. The number of nitrogens with zero attached hydrogens (tertiary/aromatic N) is 4. The van der Waals surface area contributed by atoms with E-state index in [1.54, 1.807) is 46.9 Å². The Balaban J connectivity index is 1.07. The third-order valence-corrected chi connectivity index (χ3v) is 10.8. The number of hydrazine groups is 1. The molecule has 0 saturated carbocycles. The second-order valence-corrected chi connectivity index (χ2v) is 13.9. The average molecular weight is 755 g/mol. The van der Waals surface area contributed by atoms with Crippen molar-refractivity contribution in [3.8, 4) is 50.8 Å². The minimum Gasteiger partial charge on any atom is -0.493 e. The lowest BCUT2D eigenvalue weighted by atomic mass is 10.1. The van der Waals surface area contributed by atoms with Crippen LogP contribution in [0.4, 0.5) is 0 Å². The number of aromatic nitrogens is 1. The summed E-state index contributed by atoms with van der Waals surface area (Å²) >= 11 is 1.67. The van der Waals surface area contributed by atoms with Crippen molar-refractivity contribution >= 4 is 33.7 Å². The molecule has 0 N–H and O–H groups in total. The number of thiazole rings is 1. The molecule has 5 aromatic rings. The fraction of sp³-hybridized carbons (Fsp3) is 0.357. The number of hydrogen-bond donors (Lipinski definition) is 0. The summed E-state index contributed by atoms with van der Waals surface area (Å²) in [6.07, 6.45) is 4.82. The minimum absolute atomic E-state index is 0.0491. The number of methoxy groups -OCH3 is 5. The maximum Gasteiger partial charge on any atom is 0.203 e. The van der Waals surface area contributed by atoms with Gasteiger partial charge in [-0.05, 0) is 79.1 Å². The van der Waals surface area contributed by atoms with Crippen LogP contribution in [0.2, 0.25) is 0 Å². The van der Waals surface area contributed by atoms with E-state index in [0.717, 1.165) is 64.5 Å². The number of hydroxylamine groups is 1. The lowest BCUT2D eigenvalue weighted by Gasteiger charge is -2.42. The highest BCUT2D eigenvalue weighted by atomic mass is 32.1. The highest BCUT2D eigenvalue weighted by Gasteiger charge is 2.30. The number of para-hydroxylation sites is 1. The van der Waals surface area contributed by atoms with Gasteiger partial charge in [0.15, 0.2) is 34.5 Å². The van der Waals surface area contributed by atoms with E-state index in [4.69, 9.17) is 38.2 Å². The summed E-state index contributed by atoms with van der Waals surface area (Å²) in [6.45, 7) is 7.72. The van der Waals surface area contributed by atoms with Crippen molar-refractivity contribution in [1.29, 1.82) is 0 Å². The quantitative estimate of drug-likeness (QED) is 0.0722. The lowest BCUT2D eigenvalue weighted by molar-refractivity contribution is -0.214. The highest BCUT2D eigenvalue weighted by molar-refractivity contribution is 7.21. The smallest absolute Gasteiger partial charge is 0.203 e. The Kier molecular flexibility index (Phi) is 12.8. The maximum atomic E-state index is 6.71. The van der Waals surface area contributed by atoms with Crippen molar-refractivity contribution in [2.24, 2.45) is 0 Å². The van der Waals surface area contributed by atoms with Crippen molar-refractivity contribution in [3.63, 3.8) is 0 Å². The summed E-state index contributed by atoms with van der Waals surface area (Å²) < 4.78 is 35.9. The van der Waals surface area contributed by atoms with Crippen LogP contribution in [0.25, 0.3) is 32.9 Å². The van der Waals surface area contributed by atoms with Crippen LogP contribution < -0.4 is 33.3 Å². The molecule has 1 saturated heterocycles. The second kappa shape index (κ2) is 17.9. The van der Waals surface area contributed by atoms with Gasteiger partial charge in [0.25, 0.3) is 0 Å². The van der Waals surface area contributed by atoms with Gasteiger partial charge in [0.2, 0.25) is 5.75 Å². The van der Waals surface area contributed by atoms with E-state index in [1.807, 2.05) is 91.1 Å². The molecule has 11 nitrogen and oxygen atoms in total. The van der Waals surface area contributed by atoms with E-state index in [-0.39, 0.29) is 12.1 Å². The van der Waals surface area contributed by atoms with E-state index < -0.39 is 0 Å². The van der Waals surface area contributed by atoms with Crippen molar-refractivity contribution in [1.82, 2.24) is 20.1 Å². The predicted molar refractivity (Wildman–Crippen MR) is 215 cm³/mol. The minimum atomic E-state index is -0.0491. The van der Waals surface area contributed by atoms with Crippen molar-refractivity contribution in [2.45, 2.75) is 32.4 Å². The number of benzene rings is 4. The molecule has 0 bridgehead atoms.